The molecule has 1 aliphatic heterocycles. The molecule has 1 aliphatic rings. The molecule has 0 aliphatic carbocycles. The molecule has 0 bridgehead atoms. The van der Waals surface area contributed by atoms with E-state index >= 15 is 0 Å². The van der Waals surface area contributed by atoms with Crippen LogP contribution in [0.15, 0.2) is 47.1 Å². The molecule has 6 nitrogen and oxygen atoms in total. The largest absolute Gasteiger partial charge is 0.467 e. The van der Waals surface area contributed by atoms with Crippen LogP contribution in [-0.4, -0.2) is 14.8 Å². The van der Waals surface area contributed by atoms with Gasteiger partial charge in [-0.05, 0) is 23.8 Å². The van der Waals surface area contributed by atoms with Gasteiger partial charge in [-0.15, -0.1) is 5.10 Å². The quantitative estimate of drug-likeness (QED) is 0.758. The second-order valence-electron chi connectivity index (χ2n) is 5.22. The summed E-state index contributed by atoms with van der Waals surface area (Å²) in [6, 6.07) is 11.5. The number of hydrogen-bond donors (Lipinski definition) is 2. The number of rotatable bonds is 2. The molecular weight excluding hydrogens is 302 g/mol. The minimum atomic E-state index is -0.0719. The lowest BCUT2D eigenvalue weighted by Crippen LogP contribution is -2.28. The molecule has 3 N–H and O–H groups in total. The average Bonchev–Trinajstić information content (AvgIpc) is 3.14. The molecule has 4 rings (SSSR count). The van der Waals surface area contributed by atoms with Crippen molar-refractivity contribution < 1.29 is 4.42 Å². The summed E-state index contributed by atoms with van der Waals surface area (Å²) in [4.78, 5) is 4.25. The fourth-order valence-electron chi connectivity index (χ4n) is 2.87. The third-order valence-electron chi connectivity index (χ3n) is 3.86. The molecule has 0 amide bonds. The first-order chi connectivity index (χ1) is 10.7. The highest BCUT2D eigenvalue weighted by atomic mass is 35.5. The number of fused-ring (bicyclic) bond motifs is 1. The molecule has 3 heterocycles. The van der Waals surface area contributed by atoms with Gasteiger partial charge in [-0.2, -0.15) is 4.98 Å². The van der Waals surface area contributed by atoms with Gasteiger partial charge in [0.2, 0.25) is 11.9 Å². The maximum atomic E-state index is 6.33. The lowest BCUT2D eigenvalue weighted by molar-refractivity contribution is 0.359. The van der Waals surface area contributed by atoms with Gasteiger partial charge in [-0.3, -0.25) is 0 Å². The molecule has 2 atom stereocenters. The number of aromatic nitrogens is 3. The summed E-state index contributed by atoms with van der Waals surface area (Å²) in [6.07, 6.45) is 2.40. The van der Waals surface area contributed by atoms with Gasteiger partial charge in [0.05, 0.1) is 12.3 Å². The van der Waals surface area contributed by atoms with Crippen LogP contribution in [0, 0.1) is 0 Å². The Bertz CT molecular complexity index is 798. The molecule has 1 aromatic carbocycles. The summed E-state index contributed by atoms with van der Waals surface area (Å²) in [5.41, 5.74) is 6.77. The zero-order chi connectivity index (χ0) is 15.1. The number of furan rings is 1. The zero-order valence-electron chi connectivity index (χ0n) is 11.6. The fraction of sp³-hybridized carbons (Fsp3) is 0.200. The molecule has 0 unspecified atom stereocenters. The van der Waals surface area contributed by atoms with E-state index in [0.29, 0.717) is 5.95 Å². The third kappa shape index (κ3) is 2.12. The van der Waals surface area contributed by atoms with Gasteiger partial charge < -0.3 is 15.5 Å². The van der Waals surface area contributed by atoms with E-state index in [0.717, 1.165) is 22.8 Å². The number of nitrogens with two attached hydrogens (primary N) is 1. The Balaban J connectivity index is 1.78. The smallest absolute Gasteiger partial charge is 0.241 e. The van der Waals surface area contributed by atoms with Crippen molar-refractivity contribution in [3.63, 3.8) is 0 Å². The fourth-order valence-corrected chi connectivity index (χ4v) is 3.14. The Hall–Kier alpha value is -2.47. The molecule has 0 radical (unpaired) electrons. The Morgan fingerprint density at radius 1 is 1.27 bits per heavy atom. The van der Waals surface area contributed by atoms with Crippen LogP contribution in [0.3, 0.4) is 0 Å². The first kappa shape index (κ1) is 13.2. The van der Waals surface area contributed by atoms with Gasteiger partial charge >= 0.3 is 0 Å². The van der Waals surface area contributed by atoms with Crippen LogP contribution in [0.5, 0.6) is 0 Å². The zero-order valence-corrected chi connectivity index (χ0v) is 12.4. The Kier molecular flexibility index (Phi) is 3.04. The first-order valence-electron chi connectivity index (χ1n) is 6.99. The molecule has 22 heavy (non-hydrogen) atoms. The Morgan fingerprint density at radius 2 is 2.14 bits per heavy atom. The predicted molar refractivity (Wildman–Crippen MR) is 83.7 cm³/mol. The summed E-state index contributed by atoms with van der Waals surface area (Å²) >= 11 is 6.33. The first-order valence-corrected chi connectivity index (χ1v) is 7.36. The minimum Gasteiger partial charge on any atom is -0.467 e. The van der Waals surface area contributed by atoms with Crippen molar-refractivity contribution in [3.8, 4) is 0 Å². The monoisotopic (exact) mass is 315 g/mol. The van der Waals surface area contributed by atoms with Crippen LogP contribution in [0.25, 0.3) is 0 Å². The van der Waals surface area contributed by atoms with Gasteiger partial charge in [0.25, 0.3) is 0 Å². The van der Waals surface area contributed by atoms with Gasteiger partial charge in [0.15, 0.2) is 0 Å². The highest BCUT2D eigenvalue weighted by molar-refractivity contribution is 6.31. The van der Waals surface area contributed by atoms with E-state index in [2.05, 4.69) is 15.4 Å². The van der Waals surface area contributed by atoms with Gasteiger partial charge in [0, 0.05) is 11.4 Å². The van der Waals surface area contributed by atoms with E-state index in [1.54, 1.807) is 10.9 Å². The average molecular weight is 316 g/mol. The van der Waals surface area contributed by atoms with Crippen molar-refractivity contribution in [2.24, 2.45) is 0 Å². The van der Waals surface area contributed by atoms with Gasteiger partial charge in [0.1, 0.15) is 11.8 Å². The highest BCUT2D eigenvalue weighted by Gasteiger charge is 2.33. The summed E-state index contributed by atoms with van der Waals surface area (Å²) in [5, 5.41) is 8.34. The van der Waals surface area contributed by atoms with Gasteiger partial charge in [-0.1, -0.05) is 29.8 Å². The number of nitrogens with zero attached hydrogens (tertiary/aromatic N) is 3. The second-order valence-corrected chi connectivity index (χ2v) is 5.63. The van der Waals surface area contributed by atoms with Crippen LogP contribution >= 0.6 is 11.6 Å². The molecule has 0 spiro atoms. The third-order valence-corrected chi connectivity index (χ3v) is 4.20. The van der Waals surface area contributed by atoms with Crippen LogP contribution in [0.4, 0.5) is 11.9 Å². The molecule has 112 valence electrons. The minimum absolute atomic E-state index is 0.0138. The topological polar surface area (TPSA) is 81.9 Å². The van der Waals surface area contributed by atoms with Crippen molar-refractivity contribution in [2.45, 2.75) is 18.5 Å². The van der Waals surface area contributed by atoms with E-state index in [1.807, 2.05) is 36.4 Å². The summed E-state index contributed by atoms with van der Waals surface area (Å²) < 4.78 is 7.33. The van der Waals surface area contributed by atoms with Crippen LogP contribution in [0.2, 0.25) is 5.02 Å². The lowest BCUT2D eigenvalue weighted by Gasteiger charge is -2.30. The Morgan fingerprint density at radius 3 is 2.91 bits per heavy atom. The SMILES string of the molecule is Nc1nc2n(n1)[C@H](c1ccco1)C[C@@H](c1ccccc1Cl)N2. The lowest BCUT2D eigenvalue weighted by atomic mass is 9.96. The molecule has 7 heteroatoms. The Labute approximate surface area is 131 Å². The molecule has 3 aromatic rings. The molecule has 2 aromatic heterocycles. The molecular formula is C15H14ClN5O. The predicted octanol–water partition coefficient (Wildman–Crippen LogP) is 3.25. The molecule has 0 saturated carbocycles. The number of benzene rings is 1. The number of nitrogens with one attached hydrogen (secondary N) is 1. The molecule has 0 fully saturated rings. The van der Waals surface area contributed by atoms with E-state index in [-0.39, 0.29) is 18.0 Å². The number of nitrogen functional groups attached to an aromatic ring is 1. The van der Waals surface area contributed by atoms with Crippen molar-refractivity contribution in [2.75, 3.05) is 11.1 Å². The van der Waals surface area contributed by atoms with E-state index < -0.39 is 0 Å². The van der Waals surface area contributed by atoms with Crippen molar-refractivity contribution in [1.29, 1.82) is 0 Å². The van der Waals surface area contributed by atoms with E-state index in [4.69, 9.17) is 21.8 Å². The van der Waals surface area contributed by atoms with Crippen molar-refractivity contribution in [1.82, 2.24) is 14.8 Å². The maximum Gasteiger partial charge on any atom is 0.241 e. The number of halogens is 1. The summed E-state index contributed by atoms with van der Waals surface area (Å²) in [7, 11) is 0. The van der Waals surface area contributed by atoms with Crippen molar-refractivity contribution >= 4 is 23.5 Å². The van der Waals surface area contributed by atoms with Crippen LogP contribution < -0.4 is 11.1 Å². The van der Waals surface area contributed by atoms with Crippen molar-refractivity contribution in [3.05, 3.63) is 59.0 Å². The van der Waals surface area contributed by atoms with E-state index in [1.165, 1.54) is 0 Å². The summed E-state index contributed by atoms with van der Waals surface area (Å²) in [6.45, 7) is 0. The normalized spacial score (nSPS) is 20.4. The molecule has 0 saturated heterocycles. The maximum absolute atomic E-state index is 6.33. The van der Waals surface area contributed by atoms with Crippen LogP contribution in [0.1, 0.15) is 29.8 Å². The summed E-state index contributed by atoms with van der Waals surface area (Å²) in [5.74, 6) is 1.68. The second kappa shape index (κ2) is 5.06. The standard InChI is InChI=1S/C15H14ClN5O/c16-10-5-2-1-4-9(10)11-8-12(13-6-3-7-22-13)21-15(18-11)19-14(17)20-21/h1-7,11-12H,8H2,(H3,17,18,19,20)/t11-,12-/m0/s1. The number of hydrogen-bond acceptors (Lipinski definition) is 5. The van der Waals surface area contributed by atoms with Crippen LogP contribution in [-0.2, 0) is 0 Å². The highest BCUT2D eigenvalue weighted by Crippen LogP contribution is 2.39. The van der Waals surface area contributed by atoms with Gasteiger partial charge in [-0.25, -0.2) is 4.68 Å². The number of anilines is 2. The van der Waals surface area contributed by atoms with E-state index in [9.17, 15) is 0 Å².